The number of nitrogens with one attached hydrogen (secondary N) is 1. The van der Waals surface area contributed by atoms with Crippen LogP contribution < -0.4 is 5.32 Å². The summed E-state index contributed by atoms with van der Waals surface area (Å²) in [6, 6.07) is 0. The van der Waals surface area contributed by atoms with Crippen LogP contribution in [0.2, 0.25) is 0 Å². The normalized spacial score (nSPS) is 9.71. The molecular formula is C10H13N3O4. The summed E-state index contributed by atoms with van der Waals surface area (Å²) >= 11 is 0. The van der Waals surface area contributed by atoms with E-state index in [-0.39, 0.29) is 18.7 Å². The van der Waals surface area contributed by atoms with Crippen LogP contribution in [0.15, 0.2) is 18.9 Å². The number of aryl methyl sites for hydroxylation is 1. The summed E-state index contributed by atoms with van der Waals surface area (Å²) in [4.78, 5) is 22.0. The van der Waals surface area contributed by atoms with E-state index in [1.165, 1.54) is 17.0 Å². The van der Waals surface area contributed by atoms with E-state index in [9.17, 15) is 9.59 Å². The fourth-order valence-corrected chi connectivity index (χ4v) is 1.19. The van der Waals surface area contributed by atoms with Gasteiger partial charge in [0.25, 0.3) is 0 Å². The standard InChI is InChI=1S/C10H13N3O4/c1-3-4-17-10(16)11-6-8-7(9(14)15)5-12-13(8)2/h3,5H,1,4,6H2,2H3,(H,11,16)(H,14,15). The number of carbonyl (C=O) groups is 2. The number of carbonyl (C=O) groups excluding carboxylic acids is 1. The topological polar surface area (TPSA) is 93.4 Å². The molecule has 0 aliphatic rings. The Hall–Kier alpha value is -2.31. The first-order chi connectivity index (χ1) is 8.06. The van der Waals surface area contributed by atoms with Crippen molar-refractivity contribution < 1.29 is 19.4 Å². The lowest BCUT2D eigenvalue weighted by Crippen LogP contribution is -2.26. The summed E-state index contributed by atoms with van der Waals surface area (Å²) in [5.41, 5.74) is 0.449. The van der Waals surface area contributed by atoms with Gasteiger partial charge in [0.1, 0.15) is 12.2 Å². The maximum absolute atomic E-state index is 11.1. The Labute approximate surface area is 97.7 Å². The summed E-state index contributed by atoms with van der Waals surface area (Å²) in [5, 5.41) is 15.1. The third-order valence-electron chi connectivity index (χ3n) is 2.02. The van der Waals surface area contributed by atoms with Crippen LogP contribution in [0.25, 0.3) is 0 Å². The number of hydrogen-bond donors (Lipinski definition) is 2. The van der Waals surface area contributed by atoms with E-state index in [2.05, 4.69) is 21.7 Å². The maximum Gasteiger partial charge on any atom is 0.407 e. The molecule has 1 rings (SSSR count). The molecule has 2 N–H and O–H groups in total. The zero-order chi connectivity index (χ0) is 12.8. The molecule has 0 aromatic carbocycles. The Kier molecular flexibility index (Phi) is 4.27. The van der Waals surface area contributed by atoms with E-state index < -0.39 is 12.1 Å². The summed E-state index contributed by atoms with van der Waals surface area (Å²) in [5.74, 6) is -1.09. The number of amides is 1. The molecule has 0 saturated carbocycles. The van der Waals surface area contributed by atoms with Gasteiger partial charge >= 0.3 is 12.1 Å². The van der Waals surface area contributed by atoms with E-state index in [1.807, 2.05) is 0 Å². The van der Waals surface area contributed by atoms with E-state index in [0.29, 0.717) is 5.69 Å². The molecule has 1 aromatic heterocycles. The van der Waals surface area contributed by atoms with Gasteiger partial charge in [-0.1, -0.05) is 12.7 Å². The van der Waals surface area contributed by atoms with Crippen molar-refractivity contribution in [2.45, 2.75) is 6.54 Å². The van der Waals surface area contributed by atoms with Gasteiger partial charge in [0.2, 0.25) is 0 Å². The predicted octanol–water partition coefficient (Wildman–Crippen LogP) is 0.530. The average molecular weight is 239 g/mol. The van der Waals surface area contributed by atoms with E-state index in [0.717, 1.165) is 0 Å². The molecule has 17 heavy (non-hydrogen) atoms. The molecule has 0 bridgehead atoms. The molecule has 0 aliphatic carbocycles. The fourth-order valence-electron chi connectivity index (χ4n) is 1.19. The van der Waals surface area contributed by atoms with Gasteiger partial charge in [0, 0.05) is 7.05 Å². The molecule has 0 unspecified atom stereocenters. The highest BCUT2D eigenvalue weighted by atomic mass is 16.5. The molecule has 0 radical (unpaired) electrons. The van der Waals surface area contributed by atoms with Crippen LogP contribution in [-0.4, -0.2) is 33.6 Å². The van der Waals surface area contributed by atoms with E-state index >= 15 is 0 Å². The van der Waals surface area contributed by atoms with Crippen molar-refractivity contribution in [2.24, 2.45) is 7.05 Å². The minimum atomic E-state index is -1.09. The number of hydrogen-bond acceptors (Lipinski definition) is 4. The van der Waals surface area contributed by atoms with E-state index in [4.69, 9.17) is 5.11 Å². The second-order valence-electron chi connectivity index (χ2n) is 3.17. The number of aromatic carboxylic acids is 1. The van der Waals surface area contributed by atoms with Crippen LogP contribution >= 0.6 is 0 Å². The van der Waals surface area contributed by atoms with Crippen molar-refractivity contribution in [3.05, 3.63) is 30.1 Å². The smallest absolute Gasteiger partial charge is 0.407 e. The minimum absolute atomic E-state index is 0.0358. The lowest BCUT2D eigenvalue weighted by atomic mass is 10.2. The molecule has 0 fully saturated rings. The van der Waals surface area contributed by atoms with Gasteiger partial charge in [-0.15, -0.1) is 0 Å². The number of nitrogens with zero attached hydrogens (tertiary/aromatic N) is 2. The van der Waals surface area contributed by atoms with Gasteiger partial charge in [0.15, 0.2) is 0 Å². The van der Waals surface area contributed by atoms with Crippen LogP contribution in [0, 0.1) is 0 Å². The maximum atomic E-state index is 11.1. The Bertz CT molecular complexity index is 439. The van der Waals surface area contributed by atoms with Crippen LogP contribution in [0.1, 0.15) is 16.1 Å². The third kappa shape index (κ3) is 3.33. The van der Waals surface area contributed by atoms with Gasteiger partial charge < -0.3 is 15.2 Å². The van der Waals surface area contributed by atoms with Crippen molar-refractivity contribution in [2.75, 3.05) is 6.61 Å². The molecule has 1 aromatic rings. The van der Waals surface area contributed by atoms with Crippen LogP contribution in [0.5, 0.6) is 0 Å². The Morgan fingerprint density at radius 1 is 1.71 bits per heavy atom. The molecule has 0 spiro atoms. The molecule has 0 atom stereocenters. The highest BCUT2D eigenvalue weighted by Gasteiger charge is 2.15. The number of carboxylic acids is 1. The summed E-state index contributed by atoms with van der Waals surface area (Å²) in [6.07, 6.45) is 2.03. The number of carboxylic acid groups (broad SMARTS) is 1. The van der Waals surface area contributed by atoms with Crippen molar-refractivity contribution in [1.29, 1.82) is 0 Å². The monoisotopic (exact) mass is 239 g/mol. The van der Waals surface area contributed by atoms with Crippen LogP contribution in [-0.2, 0) is 18.3 Å². The summed E-state index contributed by atoms with van der Waals surface area (Å²) in [7, 11) is 1.60. The average Bonchev–Trinajstić information content (AvgIpc) is 2.65. The first-order valence-electron chi connectivity index (χ1n) is 4.82. The summed E-state index contributed by atoms with van der Waals surface area (Å²) < 4.78 is 6.07. The lowest BCUT2D eigenvalue weighted by Gasteiger charge is -2.06. The van der Waals surface area contributed by atoms with Crippen molar-refractivity contribution in [3.8, 4) is 0 Å². The highest BCUT2D eigenvalue weighted by Crippen LogP contribution is 2.06. The zero-order valence-corrected chi connectivity index (χ0v) is 9.34. The third-order valence-corrected chi connectivity index (χ3v) is 2.02. The van der Waals surface area contributed by atoms with Crippen LogP contribution in [0.4, 0.5) is 4.79 Å². The molecule has 92 valence electrons. The fraction of sp³-hybridized carbons (Fsp3) is 0.300. The van der Waals surface area contributed by atoms with Gasteiger partial charge in [-0.3, -0.25) is 4.68 Å². The number of alkyl carbamates (subject to hydrolysis) is 1. The van der Waals surface area contributed by atoms with Crippen molar-refractivity contribution in [3.63, 3.8) is 0 Å². The lowest BCUT2D eigenvalue weighted by molar-refractivity contribution is 0.0695. The molecular weight excluding hydrogens is 226 g/mol. The molecule has 7 nitrogen and oxygen atoms in total. The first-order valence-corrected chi connectivity index (χ1v) is 4.82. The Morgan fingerprint density at radius 3 is 3.00 bits per heavy atom. The van der Waals surface area contributed by atoms with E-state index in [1.54, 1.807) is 7.05 Å². The summed E-state index contributed by atoms with van der Waals surface area (Å²) in [6.45, 7) is 3.53. The van der Waals surface area contributed by atoms with Gasteiger partial charge in [-0.2, -0.15) is 5.10 Å². The number of ether oxygens (including phenoxy) is 1. The van der Waals surface area contributed by atoms with Crippen LogP contribution in [0.3, 0.4) is 0 Å². The molecule has 1 heterocycles. The van der Waals surface area contributed by atoms with Crippen molar-refractivity contribution in [1.82, 2.24) is 15.1 Å². The number of aromatic nitrogens is 2. The second-order valence-corrected chi connectivity index (χ2v) is 3.17. The Morgan fingerprint density at radius 2 is 2.41 bits per heavy atom. The molecule has 7 heteroatoms. The van der Waals surface area contributed by atoms with Crippen molar-refractivity contribution >= 4 is 12.1 Å². The highest BCUT2D eigenvalue weighted by molar-refractivity contribution is 5.88. The van der Waals surface area contributed by atoms with Gasteiger partial charge in [0.05, 0.1) is 18.4 Å². The minimum Gasteiger partial charge on any atom is -0.478 e. The molecule has 0 aliphatic heterocycles. The quantitative estimate of drug-likeness (QED) is 0.731. The predicted molar refractivity (Wildman–Crippen MR) is 58.6 cm³/mol. The zero-order valence-electron chi connectivity index (χ0n) is 9.34. The van der Waals surface area contributed by atoms with Gasteiger partial charge in [-0.25, -0.2) is 9.59 Å². The van der Waals surface area contributed by atoms with Gasteiger partial charge in [-0.05, 0) is 0 Å². The Balaban J connectivity index is 2.62. The second kappa shape index (κ2) is 5.69. The first kappa shape index (κ1) is 12.8. The SMILES string of the molecule is C=CCOC(=O)NCc1c(C(=O)O)cnn1C. The number of rotatable bonds is 5. The molecule has 0 saturated heterocycles. The largest absolute Gasteiger partial charge is 0.478 e. The molecule has 1 amide bonds.